The molecule has 0 unspecified atom stereocenters. The Morgan fingerprint density at radius 3 is 2.53 bits per heavy atom. The topological polar surface area (TPSA) is 92.6 Å². The summed E-state index contributed by atoms with van der Waals surface area (Å²) in [7, 11) is 0. The highest BCUT2D eigenvalue weighted by Crippen LogP contribution is 2.19. The molecule has 0 aliphatic carbocycles. The van der Waals surface area contributed by atoms with Gasteiger partial charge >= 0.3 is 0 Å². The molecule has 0 fully saturated rings. The van der Waals surface area contributed by atoms with Gasteiger partial charge in [-0.2, -0.15) is 15.8 Å². The van der Waals surface area contributed by atoms with Crippen molar-refractivity contribution in [2.45, 2.75) is 0 Å². The maximum atomic E-state index is 8.90. The first-order valence-corrected chi connectivity index (χ1v) is 5.13. The van der Waals surface area contributed by atoms with Crippen LogP contribution in [0.2, 0.25) is 0 Å². The van der Waals surface area contributed by atoms with Gasteiger partial charge < -0.3 is 10.1 Å². The number of ether oxygens (including phenoxy) is 1. The number of anilines is 1. The van der Waals surface area contributed by atoms with E-state index in [0.717, 1.165) is 0 Å². The highest BCUT2D eigenvalue weighted by Gasteiger charge is 2.06. The standard InChI is InChI=1S/C14H8N4O/c1-2-6-19-13-5-3-4-12(7-13)18-14(10-17)11(8-15)9-16/h1,3-5,7,18H,6H2. The third kappa shape index (κ3) is 3.82. The molecule has 19 heavy (non-hydrogen) atoms. The molecule has 0 aromatic heterocycles. The molecule has 1 N–H and O–H groups in total. The molecular weight excluding hydrogens is 240 g/mol. The maximum Gasteiger partial charge on any atom is 0.163 e. The summed E-state index contributed by atoms with van der Waals surface area (Å²) < 4.78 is 5.22. The molecule has 90 valence electrons. The number of rotatable bonds is 4. The molecule has 0 atom stereocenters. The molecule has 0 bridgehead atoms. The van der Waals surface area contributed by atoms with Crippen LogP contribution in [0, 0.1) is 46.3 Å². The van der Waals surface area contributed by atoms with Crippen molar-refractivity contribution in [3.05, 3.63) is 35.5 Å². The van der Waals surface area contributed by atoms with E-state index >= 15 is 0 Å². The lowest BCUT2D eigenvalue weighted by Gasteiger charge is -2.07. The van der Waals surface area contributed by atoms with E-state index in [9.17, 15) is 0 Å². The molecule has 1 rings (SSSR count). The number of allylic oxidation sites excluding steroid dienone is 2. The second-order valence-corrected chi connectivity index (χ2v) is 3.23. The van der Waals surface area contributed by atoms with Crippen molar-refractivity contribution in [3.8, 4) is 36.3 Å². The number of nitriles is 3. The van der Waals surface area contributed by atoms with E-state index in [1.54, 1.807) is 42.5 Å². The average Bonchev–Trinajstić information content (AvgIpc) is 2.45. The van der Waals surface area contributed by atoms with Crippen molar-refractivity contribution < 1.29 is 4.74 Å². The van der Waals surface area contributed by atoms with Crippen LogP contribution in [-0.4, -0.2) is 6.61 Å². The summed E-state index contributed by atoms with van der Waals surface area (Å²) in [5.74, 6) is 2.86. The summed E-state index contributed by atoms with van der Waals surface area (Å²) >= 11 is 0. The fourth-order valence-corrected chi connectivity index (χ4v) is 1.22. The number of nitrogens with one attached hydrogen (secondary N) is 1. The summed E-state index contributed by atoms with van der Waals surface area (Å²) in [5, 5.41) is 29.0. The van der Waals surface area contributed by atoms with Crippen LogP contribution in [0.4, 0.5) is 5.69 Å². The summed E-state index contributed by atoms with van der Waals surface area (Å²) in [6.07, 6.45) is 5.08. The molecule has 5 nitrogen and oxygen atoms in total. The van der Waals surface area contributed by atoms with Crippen molar-refractivity contribution >= 4 is 5.69 Å². The van der Waals surface area contributed by atoms with Crippen LogP contribution in [0.5, 0.6) is 5.75 Å². The number of hydrogen-bond donors (Lipinski definition) is 1. The Labute approximate surface area is 111 Å². The van der Waals surface area contributed by atoms with Gasteiger partial charge in [-0.05, 0) is 12.1 Å². The number of terminal acetylenes is 1. The smallest absolute Gasteiger partial charge is 0.163 e. The molecule has 1 aromatic rings. The first kappa shape index (κ1) is 13.7. The second kappa shape index (κ2) is 7.02. The van der Waals surface area contributed by atoms with Gasteiger partial charge in [0.25, 0.3) is 0 Å². The summed E-state index contributed by atoms with van der Waals surface area (Å²) in [5.41, 5.74) is 0.130. The van der Waals surface area contributed by atoms with Gasteiger partial charge in [-0.25, -0.2) is 0 Å². The molecule has 0 spiro atoms. The quantitative estimate of drug-likeness (QED) is 0.649. The Hall–Kier alpha value is -3.41. The van der Waals surface area contributed by atoms with Crippen LogP contribution in [0.1, 0.15) is 0 Å². The fourth-order valence-electron chi connectivity index (χ4n) is 1.22. The zero-order chi connectivity index (χ0) is 14.1. The highest BCUT2D eigenvalue weighted by atomic mass is 16.5. The monoisotopic (exact) mass is 248 g/mol. The minimum absolute atomic E-state index is 0.112. The van der Waals surface area contributed by atoms with Gasteiger partial charge in [-0.1, -0.05) is 12.0 Å². The van der Waals surface area contributed by atoms with E-state index < -0.39 is 0 Å². The number of benzene rings is 1. The second-order valence-electron chi connectivity index (χ2n) is 3.23. The lowest BCUT2D eigenvalue weighted by molar-refractivity contribution is 0.370. The first-order chi connectivity index (χ1) is 9.24. The van der Waals surface area contributed by atoms with Gasteiger partial charge in [0.05, 0.1) is 0 Å². The van der Waals surface area contributed by atoms with E-state index in [4.69, 9.17) is 26.9 Å². The number of nitrogens with zero attached hydrogens (tertiary/aromatic N) is 3. The molecule has 0 heterocycles. The van der Waals surface area contributed by atoms with Crippen LogP contribution in [0.25, 0.3) is 0 Å². The maximum absolute atomic E-state index is 8.90. The number of hydrogen-bond acceptors (Lipinski definition) is 5. The molecule has 0 aliphatic heterocycles. The van der Waals surface area contributed by atoms with Crippen LogP contribution >= 0.6 is 0 Å². The fraction of sp³-hybridized carbons (Fsp3) is 0.0714. The predicted octanol–water partition coefficient (Wildman–Crippen LogP) is 1.94. The third-order valence-electron chi connectivity index (χ3n) is 2.01. The van der Waals surface area contributed by atoms with Crippen molar-refractivity contribution in [2.24, 2.45) is 0 Å². The Morgan fingerprint density at radius 2 is 1.95 bits per heavy atom. The molecule has 0 saturated heterocycles. The minimum atomic E-state index is -0.280. The molecule has 0 saturated carbocycles. The van der Waals surface area contributed by atoms with E-state index in [1.165, 1.54) is 0 Å². The van der Waals surface area contributed by atoms with Gasteiger partial charge in [0.1, 0.15) is 36.3 Å². The van der Waals surface area contributed by atoms with Crippen molar-refractivity contribution in [1.29, 1.82) is 15.8 Å². The zero-order valence-electron chi connectivity index (χ0n) is 9.84. The molecule has 0 aliphatic rings. The first-order valence-electron chi connectivity index (χ1n) is 5.13. The van der Waals surface area contributed by atoms with E-state index in [0.29, 0.717) is 11.4 Å². The van der Waals surface area contributed by atoms with Crippen LogP contribution in [-0.2, 0) is 0 Å². The molecular formula is C14H8N4O. The molecule has 5 heteroatoms. The van der Waals surface area contributed by atoms with Gasteiger partial charge in [0, 0.05) is 11.8 Å². The Bertz CT molecular complexity index is 646. The normalized spacial score (nSPS) is 8.00. The predicted molar refractivity (Wildman–Crippen MR) is 68.3 cm³/mol. The molecule has 1 aromatic carbocycles. The summed E-state index contributed by atoms with van der Waals surface area (Å²) in [6, 6.07) is 11.7. The van der Waals surface area contributed by atoms with Crippen LogP contribution < -0.4 is 10.1 Å². The van der Waals surface area contributed by atoms with Crippen molar-refractivity contribution in [2.75, 3.05) is 11.9 Å². The molecule has 0 radical (unpaired) electrons. The van der Waals surface area contributed by atoms with Crippen molar-refractivity contribution in [1.82, 2.24) is 0 Å². The minimum Gasteiger partial charge on any atom is -0.481 e. The average molecular weight is 248 g/mol. The van der Waals surface area contributed by atoms with Crippen LogP contribution in [0.3, 0.4) is 0 Å². The summed E-state index contributed by atoms with van der Waals surface area (Å²) in [6.45, 7) is 0.131. The van der Waals surface area contributed by atoms with Crippen molar-refractivity contribution in [3.63, 3.8) is 0 Å². The Morgan fingerprint density at radius 1 is 1.21 bits per heavy atom. The Balaban J connectivity index is 2.98. The van der Waals surface area contributed by atoms with E-state index in [2.05, 4.69) is 11.2 Å². The van der Waals surface area contributed by atoms with Gasteiger partial charge in [0.2, 0.25) is 0 Å². The zero-order valence-corrected chi connectivity index (χ0v) is 9.84. The van der Waals surface area contributed by atoms with E-state index in [-0.39, 0.29) is 17.9 Å². The van der Waals surface area contributed by atoms with E-state index in [1.807, 2.05) is 0 Å². The van der Waals surface area contributed by atoms with Crippen LogP contribution in [0.15, 0.2) is 35.5 Å². The summed E-state index contributed by atoms with van der Waals surface area (Å²) in [4.78, 5) is 0. The van der Waals surface area contributed by atoms with Gasteiger partial charge in [0.15, 0.2) is 5.57 Å². The van der Waals surface area contributed by atoms with Gasteiger partial charge in [-0.3, -0.25) is 0 Å². The lowest BCUT2D eigenvalue weighted by atomic mass is 10.2. The third-order valence-corrected chi connectivity index (χ3v) is 2.01. The van der Waals surface area contributed by atoms with Gasteiger partial charge in [-0.15, -0.1) is 6.42 Å². The highest BCUT2D eigenvalue weighted by molar-refractivity contribution is 5.59. The molecule has 0 amide bonds. The SMILES string of the molecule is C#CCOc1cccc(NC(C#N)=C(C#N)C#N)c1. The largest absolute Gasteiger partial charge is 0.481 e. The Kier molecular flexibility index (Phi) is 5.05. The lowest BCUT2D eigenvalue weighted by Crippen LogP contribution is -2.01.